The number of allylic oxidation sites excluding steroid dienone is 4. The van der Waals surface area contributed by atoms with E-state index in [4.69, 9.17) is 0 Å². The predicted molar refractivity (Wildman–Crippen MR) is 105 cm³/mol. The number of likely N-dealkylation sites (tertiary alicyclic amines) is 1. The fraction of sp³-hybridized carbons (Fsp3) is 0.783. The molecule has 140 valence electrons. The van der Waals surface area contributed by atoms with Crippen LogP contribution in [0.5, 0.6) is 0 Å². The smallest absolute Gasteiger partial charge is 0.226 e. The zero-order valence-electron chi connectivity index (χ0n) is 17.2. The van der Waals surface area contributed by atoms with Crippen molar-refractivity contribution in [2.45, 2.75) is 79.6 Å². The molecule has 1 aliphatic heterocycles. The molecule has 2 fully saturated rings. The first-order valence-electron chi connectivity index (χ1n) is 10.5. The van der Waals surface area contributed by atoms with Crippen molar-refractivity contribution >= 4 is 5.91 Å². The van der Waals surface area contributed by atoms with Crippen LogP contribution in [0.2, 0.25) is 0 Å². The van der Waals surface area contributed by atoms with E-state index in [1.165, 1.54) is 37.8 Å². The monoisotopic (exact) mass is 343 g/mol. The van der Waals surface area contributed by atoms with E-state index in [9.17, 15) is 4.79 Å². The third kappa shape index (κ3) is 2.62. The number of hydrogen-bond donors (Lipinski definition) is 0. The molecule has 0 aromatic rings. The molecule has 25 heavy (non-hydrogen) atoms. The Morgan fingerprint density at radius 2 is 1.76 bits per heavy atom. The lowest BCUT2D eigenvalue weighted by atomic mass is 9.49. The Bertz CT molecular complexity index is 603. The summed E-state index contributed by atoms with van der Waals surface area (Å²) in [5.74, 6) is 2.70. The third-order valence-electron chi connectivity index (χ3n) is 8.21. The van der Waals surface area contributed by atoms with Crippen molar-refractivity contribution in [2.24, 2.45) is 28.6 Å². The minimum absolute atomic E-state index is 0.210. The van der Waals surface area contributed by atoms with Gasteiger partial charge in [0.15, 0.2) is 0 Å². The molecule has 4 aliphatic rings. The lowest BCUT2D eigenvalue weighted by Gasteiger charge is -2.56. The van der Waals surface area contributed by atoms with Crippen molar-refractivity contribution in [3.05, 3.63) is 23.4 Å². The van der Waals surface area contributed by atoms with Crippen molar-refractivity contribution in [3.63, 3.8) is 0 Å². The van der Waals surface area contributed by atoms with Crippen molar-refractivity contribution in [3.8, 4) is 0 Å². The first-order chi connectivity index (χ1) is 11.9. The van der Waals surface area contributed by atoms with Gasteiger partial charge in [-0.1, -0.05) is 45.4 Å². The van der Waals surface area contributed by atoms with Crippen LogP contribution >= 0.6 is 0 Å². The second-order valence-corrected chi connectivity index (χ2v) is 9.00. The predicted octanol–water partition coefficient (Wildman–Crippen LogP) is 5.95. The second kappa shape index (κ2) is 6.59. The van der Waals surface area contributed by atoms with E-state index >= 15 is 0 Å². The van der Waals surface area contributed by atoms with Gasteiger partial charge in [-0.2, -0.15) is 0 Å². The van der Waals surface area contributed by atoms with E-state index in [0.29, 0.717) is 11.3 Å². The third-order valence-corrected chi connectivity index (χ3v) is 8.21. The van der Waals surface area contributed by atoms with Gasteiger partial charge in [-0.15, -0.1) is 0 Å². The van der Waals surface area contributed by atoms with Gasteiger partial charge in [0.2, 0.25) is 5.91 Å². The van der Waals surface area contributed by atoms with E-state index < -0.39 is 0 Å². The topological polar surface area (TPSA) is 20.3 Å². The Hall–Kier alpha value is -1.05. The standard InChI is InChI=1S/C21H31NO.C2H6/c1-14-7-9-16-15-8-10-18-21(3,12-5-6-19(23)22(18)4)17(15)11-13-20(14,16)2;1-2/h7,10,15-17H,5-6,8-9,11-13H2,1-4H3;1-2H3. The van der Waals surface area contributed by atoms with Gasteiger partial charge in [-0.25, -0.2) is 0 Å². The SMILES string of the molecule is CC.CC1=CCC2C3CC=C4N(C)C(=O)CCCC4(C)C3CCC12C. The second-order valence-electron chi connectivity index (χ2n) is 9.00. The molecule has 4 rings (SSSR count). The largest absolute Gasteiger partial charge is 0.319 e. The zero-order valence-corrected chi connectivity index (χ0v) is 17.2. The molecular formula is C23H37NO. The molecule has 0 spiro atoms. The zero-order chi connectivity index (χ0) is 18.4. The molecule has 5 atom stereocenters. The highest BCUT2D eigenvalue weighted by atomic mass is 16.2. The van der Waals surface area contributed by atoms with E-state index in [1.54, 1.807) is 5.57 Å². The van der Waals surface area contributed by atoms with E-state index in [0.717, 1.165) is 30.6 Å². The normalized spacial score (nSPS) is 42.9. The number of fused-ring (bicyclic) bond motifs is 5. The molecule has 2 heteroatoms. The van der Waals surface area contributed by atoms with Crippen LogP contribution in [0.3, 0.4) is 0 Å². The number of carbonyl (C=O) groups excluding carboxylic acids is 1. The summed E-state index contributed by atoms with van der Waals surface area (Å²) in [6, 6.07) is 0. The van der Waals surface area contributed by atoms with E-state index in [2.05, 4.69) is 32.9 Å². The number of amides is 1. The Kier molecular flexibility index (Phi) is 4.94. The van der Waals surface area contributed by atoms with Crippen LogP contribution in [0.4, 0.5) is 0 Å². The maximum Gasteiger partial charge on any atom is 0.226 e. The highest BCUT2D eigenvalue weighted by molar-refractivity contribution is 5.78. The maximum absolute atomic E-state index is 12.3. The molecule has 3 aliphatic carbocycles. The summed E-state index contributed by atoms with van der Waals surface area (Å²) < 4.78 is 0. The van der Waals surface area contributed by atoms with Gasteiger partial charge in [0.05, 0.1) is 0 Å². The average Bonchev–Trinajstić information content (AvgIpc) is 2.85. The quantitative estimate of drug-likeness (QED) is 0.498. The summed E-state index contributed by atoms with van der Waals surface area (Å²) in [6.07, 6.45) is 13.0. The summed E-state index contributed by atoms with van der Waals surface area (Å²) in [6.45, 7) is 11.3. The summed E-state index contributed by atoms with van der Waals surface area (Å²) in [5, 5.41) is 0. The molecule has 5 unspecified atom stereocenters. The summed E-state index contributed by atoms with van der Waals surface area (Å²) in [4.78, 5) is 14.3. The Labute approximate surface area is 154 Å². The molecule has 0 aromatic heterocycles. The van der Waals surface area contributed by atoms with Gasteiger partial charge in [-0.05, 0) is 68.6 Å². The van der Waals surface area contributed by atoms with Crippen LogP contribution < -0.4 is 0 Å². The van der Waals surface area contributed by atoms with Crippen LogP contribution in [0.1, 0.15) is 79.6 Å². The van der Waals surface area contributed by atoms with Gasteiger partial charge in [-0.3, -0.25) is 4.79 Å². The Balaban J connectivity index is 0.000000880. The fourth-order valence-corrected chi connectivity index (χ4v) is 6.60. The average molecular weight is 344 g/mol. The molecule has 1 saturated carbocycles. The minimum atomic E-state index is 0.210. The summed E-state index contributed by atoms with van der Waals surface area (Å²) in [7, 11) is 2.01. The van der Waals surface area contributed by atoms with Gasteiger partial charge < -0.3 is 4.90 Å². The lowest BCUT2D eigenvalue weighted by Crippen LogP contribution is -2.50. The van der Waals surface area contributed by atoms with Crippen molar-refractivity contribution in [2.75, 3.05) is 7.05 Å². The highest BCUT2D eigenvalue weighted by Gasteiger charge is 2.56. The highest BCUT2D eigenvalue weighted by Crippen LogP contribution is 2.64. The van der Waals surface area contributed by atoms with Gasteiger partial charge in [0, 0.05) is 24.6 Å². The number of carbonyl (C=O) groups is 1. The van der Waals surface area contributed by atoms with Gasteiger partial charge in [0.25, 0.3) is 0 Å². The van der Waals surface area contributed by atoms with E-state index in [-0.39, 0.29) is 5.41 Å². The van der Waals surface area contributed by atoms with Crippen molar-refractivity contribution in [1.82, 2.24) is 4.90 Å². The van der Waals surface area contributed by atoms with Crippen LogP contribution in [0, 0.1) is 28.6 Å². The van der Waals surface area contributed by atoms with Crippen LogP contribution in [0.25, 0.3) is 0 Å². The van der Waals surface area contributed by atoms with Crippen LogP contribution in [-0.4, -0.2) is 17.9 Å². The van der Waals surface area contributed by atoms with Gasteiger partial charge >= 0.3 is 0 Å². The van der Waals surface area contributed by atoms with Crippen LogP contribution in [-0.2, 0) is 4.79 Å². The first-order valence-corrected chi connectivity index (χ1v) is 10.5. The molecule has 0 aromatic carbocycles. The number of hydrogen-bond acceptors (Lipinski definition) is 1. The lowest BCUT2D eigenvalue weighted by molar-refractivity contribution is -0.128. The molecular weight excluding hydrogens is 306 g/mol. The van der Waals surface area contributed by atoms with Crippen LogP contribution in [0.15, 0.2) is 23.4 Å². The molecule has 0 radical (unpaired) electrons. The Morgan fingerprint density at radius 1 is 1.04 bits per heavy atom. The fourth-order valence-electron chi connectivity index (χ4n) is 6.60. The molecule has 1 saturated heterocycles. The number of rotatable bonds is 0. The number of nitrogens with zero attached hydrogens (tertiary/aromatic N) is 1. The van der Waals surface area contributed by atoms with Crippen molar-refractivity contribution in [1.29, 1.82) is 0 Å². The Morgan fingerprint density at radius 3 is 2.48 bits per heavy atom. The molecule has 0 N–H and O–H groups in total. The van der Waals surface area contributed by atoms with E-state index in [1.807, 2.05) is 25.8 Å². The molecule has 1 heterocycles. The first kappa shape index (κ1) is 18.7. The summed E-state index contributed by atoms with van der Waals surface area (Å²) >= 11 is 0. The molecule has 0 bridgehead atoms. The molecule has 1 amide bonds. The maximum atomic E-state index is 12.3. The molecule has 2 nitrogen and oxygen atoms in total. The van der Waals surface area contributed by atoms with Crippen molar-refractivity contribution < 1.29 is 4.79 Å². The van der Waals surface area contributed by atoms with Gasteiger partial charge in [0.1, 0.15) is 0 Å². The minimum Gasteiger partial charge on any atom is -0.319 e. The summed E-state index contributed by atoms with van der Waals surface area (Å²) in [5.41, 5.74) is 3.62.